The fourth-order valence-electron chi connectivity index (χ4n) is 4.89. The minimum Gasteiger partial charge on any atom is -0.491 e. The standard InChI is InChI=1S/C26H32FN3O4/c1-2-34-24-12-10-19(16-21(24)27)23(17-25(31)32)30-15-14-29(26(30)33)13-5-7-20-11-9-18-6-3-4-8-22(18)28-20/h9-12,16,23H,2-8,13-15,17H2,1H3,(H,31,32)/t23-/m0/s1. The van der Waals surface area contributed by atoms with Crippen molar-refractivity contribution in [3.8, 4) is 5.75 Å². The van der Waals surface area contributed by atoms with Crippen molar-refractivity contribution in [2.75, 3.05) is 26.2 Å². The van der Waals surface area contributed by atoms with E-state index in [9.17, 15) is 19.1 Å². The van der Waals surface area contributed by atoms with Gasteiger partial charge in [-0.1, -0.05) is 12.1 Å². The normalized spacial score (nSPS) is 16.5. The number of carboxylic acids is 1. The molecular weight excluding hydrogens is 437 g/mol. The van der Waals surface area contributed by atoms with E-state index in [1.54, 1.807) is 22.8 Å². The highest BCUT2D eigenvalue weighted by molar-refractivity contribution is 5.78. The lowest BCUT2D eigenvalue weighted by molar-refractivity contribution is -0.138. The van der Waals surface area contributed by atoms with E-state index < -0.39 is 17.8 Å². The first-order valence-corrected chi connectivity index (χ1v) is 12.1. The van der Waals surface area contributed by atoms with Crippen molar-refractivity contribution in [3.63, 3.8) is 0 Å². The van der Waals surface area contributed by atoms with Gasteiger partial charge in [0, 0.05) is 31.0 Å². The third-order valence-corrected chi connectivity index (χ3v) is 6.61. The van der Waals surface area contributed by atoms with Gasteiger partial charge in [-0.05, 0) is 74.8 Å². The zero-order valence-corrected chi connectivity index (χ0v) is 19.6. The van der Waals surface area contributed by atoms with Crippen molar-refractivity contribution in [1.29, 1.82) is 0 Å². The summed E-state index contributed by atoms with van der Waals surface area (Å²) in [5, 5.41) is 9.44. The average Bonchev–Trinajstić information content (AvgIpc) is 3.18. The summed E-state index contributed by atoms with van der Waals surface area (Å²) in [6, 6.07) is 7.74. The first-order valence-electron chi connectivity index (χ1n) is 12.1. The Hall–Kier alpha value is -3.16. The van der Waals surface area contributed by atoms with Gasteiger partial charge in [0.25, 0.3) is 0 Å². The van der Waals surface area contributed by atoms with Crippen LogP contribution in [0, 0.1) is 5.82 Å². The number of aliphatic carboxylic acids is 1. The molecule has 0 bridgehead atoms. The van der Waals surface area contributed by atoms with Crippen LogP contribution in [0.3, 0.4) is 0 Å². The quantitative estimate of drug-likeness (QED) is 0.558. The van der Waals surface area contributed by atoms with E-state index in [2.05, 4.69) is 12.1 Å². The van der Waals surface area contributed by atoms with Crippen molar-refractivity contribution in [1.82, 2.24) is 14.8 Å². The molecule has 2 aromatic rings. The van der Waals surface area contributed by atoms with E-state index in [4.69, 9.17) is 9.72 Å². The van der Waals surface area contributed by atoms with Gasteiger partial charge >= 0.3 is 12.0 Å². The van der Waals surface area contributed by atoms with Crippen LogP contribution in [-0.4, -0.2) is 58.1 Å². The molecule has 1 aliphatic heterocycles. The zero-order chi connectivity index (χ0) is 24.1. The van der Waals surface area contributed by atoms with Crippen molar-refractivity contribution >= 4 is 12.0 Å². The highest BCUT2D eigenvalue weighted by Gasteiger charge is 2.35. The fraction of sp³-hybridized carbons (Fsp3) is 0.500. The highest BCUT2D eigenvalue weighted by atomic mass is 19.1. The van der Waals surface area contributed by atoms with Gasteiger partial charge in [-0.25, -0.2) is 9.18 Å². The van der Waals surface area contributed by atoms with Crippen molar-refractivity contribution in [3.05, 3.63) is 58.7 Å². The number of hydrogen-bond donors (Lipinski definition) is 1. The van der Waals surface area contributed by atoms with Crippen LogP contribution in [0.5, 0.6) is 5.75 Å². The minimum atomic E-state index is -1.04. The molecule has 2 aliphatic rings. The molecule has 2 heterocycles. The number of aryl methyl sites for hydroxylation is 3. The predicted octanol–water partition coefficient (Wildman–Crippen LogP) is 4.38. The summed E-state index contributed by atoms with van der Waals surface area (Å²) in [7, 11) is 0. The van der Waals surface area contributed by atoms with Crippen molar-refractivity contribution in [2.45, 2.75) is 57.9 Å². The van der Waals surface area contributed by atoms with Gasteiger partial charge in [0.2, 0.25) is 0 Å². The molecule has 1 saturated heterocycles. The maximum atomic E-state index is 14.4. The molecule has 1 aromatic heterocycles. The van der Waals surface area contributed by atoms with Crippen LogP contribution in [0.15, 0.2) is 30.3 Å². The Bertz CT molecular complexity index is 1040. The predicted molar refractivity (Wildman–Crippen MR) is 125 cm³/mol. The number of benzene rings is 1. The molecular formula is C26H32FN3O4. The maximum Gasteiger partial charge on any atom is 0.320 e. The molecule has 182 valence electrons. The third kappa shape index (κ3) is 5.48. The number of carbonyl (C=O) groups excluding carboxylic acids is 1. The van der Waals surface area contributed by atoms with Crippen LogP contribution >= 0.6 is 0 Å². The Morgan fingerprint density at radius 2 is 2.03 bits per heavy atom. The Kier molecular flexibility index (Phi) is 7.65. The van der Waals surface area contributed by atoms with Crippen LogP contribution < -0.4 is 4.74 Å². The van der Waals surface area contributed by atoms with E-state index in [0.29, 0.717) is 31.8 Å². The fourth-order valence-corrected chi connectivity index (χ4v) is 4.89. The number of fused-ring (bicyclic) bond motifs is 1. The highest BCUT2D eigenvalue weighted by Crippen LogP contribution is 2.31. The molecule has 1 aromatic carbocycles. The van der Waals surface area contributed by atoms with E-state index in [1.165, 1.54) is 36.2 Å². The molecule has 1 atom stereocenters. The summed E-state index contributed by atoms with van der Waals surface area (Å²) in [5.41, 5.74) is 4.08. The zero-order valence-electron chi connectivity index (χ0n) is 19.6. The molecule has 0 radical (unpaired) electrons. The van der Waals surface area contributed by atoms with Crippen LogP contribution in [0.2, 0.25) is 0 Å². The molecule has 1 N–H and O–H groups in total. The van der Waals surface area contributed by atoms with Crippen LogP contribution in [0.4, 0.5) is 9.18 Å². The van der Waals surface area contributed by atoms with E-state index in [-0.39, 0.29) is 18.2 Å². The number of amides is 2. The molecule has 2 amide bonds. The number of nitrogens with zero attached hydrogens (tertiary/aromatic N) is 3. The number of ether oxygens (including phenoxy) is 1. The van der Waals surface area contributed by atoms with Crippen LogP contribution in [0.1, 0.15) is 61.2 Å². The monoisotopic (exact) mass is 469 g/mol. The van der Waals surface area contributed by atoms with E-state index in [1.807, 2.05) is 0 Å². The topological polar surface area (TPSA) is 83.0 Å². The number of rotatable bonds is 10. The molecule has 1 aliphatic carbocycles. The molecule has 34 heavy (non-hydrogen) atoms. The summed E-state index contributed by atoms with van der Waals surface area (Å²) >= 11 is 0. The SMILES string of the molecule is CCOc1ccc([C@H](CC(=O)O)N2CCN(CCCc3ccc4c(n3)CCCC4)C2=O)cc1F. The second kappa shape index (κ2) is 10.8. The van der Waals surface area contributed by atoms with Crippen molar-refractivity contribution < 1.29 is 23.8 Å². The summed E-state index contributed by atoms with van der Waals surface area (Å²) in [4.78, 5) is 32.8. The Balaban J connectivity index is 1.39. The second-order valence-electron chi connectivity index (χ2n) is 8.92. The first kappa shape index (κ1) is 24.0. The van der Waals surface area contributed by atoms with Gasteiger partial charge in [0.05, 0.1) is 19.1 Å². The number of carbonyl (C=O) groups is 2. The largest absolute Gasteiger partial charge is 0.491 e. The Labute approximate surface area is 199 Å². The summed E-state index contributed by atoms with van der Waals surface area (Å²) in [6.45, 7) is 3.59. The van der Waals surface area contributed by atoms with Crippen LogP contribution in [-0.2, 0) is 24.1 Å². The number of hydrogen-bond acceptors (Lipinski definition) is 4. The Morgan fingerprint density at radius 3 is 2.79 bits per heavy atom. The van der Waals surface area contributed by atoms with Crippen molar-refractivity contribution in [2.24, 2.45) is 0 Å². The number of urea groups is 1. The third-order valence-electron chi connectivity index (χ3n) is 6.61. The van der Waals surface area contributed by atoms with Crippen LogP contribution in [0.25, 0.3) is 0 Å². The molecule has 0 saturated carbocycles. The van der Waals surface area contributed by atoms with E-state index in [0.717, 1.165) is 31.4 Å². The summed E-state index contributed by atoms with van der Waals surface area (Å²) < 4.78 is 19.7. The van der Waals surface area contributed by atoms with Gasteiger partial charge in [-0.2, -0.15) is 0 Å². The smallest absolute Gasteiger partial charge is 0.320 e. The van der Waals surface area contributed by atoms with Gasteiger partial charge < -0.3 is 19.6 Å². The molecule has 0 unspecified atom stereocenters. The van der Waals surface area contributed by atoms with Gasteiger partial charge in [-0.3, -0.25) is 9.78 Å². The van der Waals surface area contributed by atoms with Gasteiger partial charge in [-0.15, -0.1) is 0 Å². The first-order chi connectivity index (χ1) is 16.5. The number of aromatic nitrogens is 1. The lowest BCUT2D eigenvalue weighted by Crippen LogP contribution is -2.36. The van der Waals surface area contributed by atoms with Gasteiger partial charge in [0.1, 0.15) is 0 Å². The number of halogens is 1. The minimum absolute atomic E-state index is 0.116. The number of pyridine rings is 1. The Morgan fingerprint density at radius 1 is 1.21 bits per heavy atom. The maximum absolute atomic E-state index is 14.4. The lowest BCUT2D eigenvalue weighted by Gasteiger charge is -2.27. The molecule has 1 fully saturated rings. The van der Waals surface area contributed by atoms with Gasteiger partial charge in [0.15, 0.2) is 11.6 Å². The number of carboxylic acid groups (broad SMARTS) is 1. The summed E-state index contributed by atoms with van der Waals surface area (Å²) in [6.07, 6.45) is 5.86. The molecule has 4 rings (SSSR count). The second-order valence-corrected chi connectivity index (χ2v) is 8.92. The summed E-state index contributed by atoms with van der Waals surface area (Å²) in [5.74, 6) is -1.48. The lowest BCUT2D eigenvalue weighted by atomic mass is 9.95. The van der Waals surface area contributed by atoms with E-state index >= 15 is 0 Å². The molecule has 8 heteroatoms. The molecule has 7 nitrogen and oxygen atoms in total. The average molecular weight is 470 g/mol. The molecule has 0 spiro atoms.